The van der Waals surface area contributed by atoms with Crippen LogP contribution in [-0.4, -0.2) is 22.8 Å². The number of rotatable bonds is 3. The number of aromatic nitrogens is 1. The molecule has 1 aromatic heterocycles. The SMILES string of the molecule is CC(c1ccccc1Cl)N(C)C(=O)c1cc(Cl)ncc1Cl. The van der Waals surface area contributed by atoms with Crippen LogP contribution in [0.5, 0.6) is 0 Å². The molecule has 0 saturated heterocycles. The Balaban J connectivity index is 2.31. The summed E-state index contributed by atoms with van der Waals surface area (Å²) in [7, 11) is 1.70. The predicted octanol–water partition coefficient (Wildman–Crippen LogP) is 4.88. The topological polar surface area (TPSA) is 33.2 Å². The quantitative estimate of drug-likeness (QED) is 0.745. The van der Waals surface area contributed by atoms with E-state index in [1.807, 2.05) is 25.1 Å². The van der Waals surface area contributed by atoms with E-state index in [-0.39, 0.29) is 22.1 Å². The molecule has 0 N–H and O–H groups in total. The van der Waals surface area contributed by atoms with Crippen molar-refractivity contribution in [3.05, 3.63) is 62.9 Å². The number of halogens is 3. The highest BCUT2D eigenvalue weighted by molar-refractivity contribution is 6.35. The molecule has 6 heteroatoms. The molecule has 21 heavy (non-hydrogen) atoms. The smallest absolute Gasteiger partial charge is 0.255 e. The molecule has 0 fully saturated rings. The Morgan fingerprint density at radius 3 is 2.52 bits per heavy atom. The number of hydrogen-bond donors (Lipinski definition) is 0. The van der Waals surface area contributed by atoms with Crippen LogP contribution in [0.4, 0.5) is 0 Å². The van der Waals surface area contributed by atoms with Crippen molar-refractivity contribution in [3.8, 4) is 0 Å². The summed E-state index contributed by atoms with van der Waals surface area (Å²) in [6, 6.07) is 8.67. The Kier molecular flexibility index (Phi) is 5.09. The van der Waals surface area contributed by atoms with Gasteiger partial charge in [-0.2, -0.15) is 0 Å². The molecule has 1 heterocycles. The molecule has 0 aliphatic carbocycles. The molecular formula is C15H13Cl3N2O. The van der Waals surface area contributed by atoms with Crippen molar-refractivity contribution >= 4 is 40.7 Å². The maximum Gasteiger partial charge on any atom is 0.255 e. The minimum absolute atomic E-state index is 0.200. The molecule has 0 saturated carbocycles. The number of nitrogens with zero attached hydrogens (tertiary/aromatic N) is 2. The maximum absolute atomic E-state index is 12.6. The molecule has 0 spiro atoms. The third-order valence-electron chi connectivity index (χ3n) is 3.31. The van der Waals surface area contributed by atoms with Gasteiger partial charge in [0.15, 0.2) is 0 Å². The average molecular weight is 344 g/mol. The number of benzene rings is 1. The fraction of sp³-hybridized carbons (Fsp3) is 0.200. The van der Waals surface area contributed by atoms with E-state index in [2.05, 4.69) is 4.98 Å². The lowest BCUT2D eigenvalue weighted by molar-refractivity contribution is 0.0743. The highest BCUT2D eigenvalue weighted by Gasteiger charge is 2.22. The van der Waals surface area contributed by atoms with Gasteiger partial charge >= 0.3 is 0 Å². The van der Waals surface area contributed by atoms with E-state index in [1.54, 1.807) is 18.0 Å². The van der Waals surface area contributed by atoms with Gasteiger partial charge in [0.2, 0.25) is 0 Å². The van der Waals surface area contributed by atoms with E-state index in [0.29, 0.717) is 10.6 Å². The monoisotopic (exact) mass is 342 g/mol. The normalized spacial score (nSPS) is 12.0. The van der Waals surface area contributed by atoms with Gasteiger partial charge in [-0.3, -0.25) is 4.79 Å². The van der Waals surface area contributed by atoms with Crippen LogP contribution < -0.4 is 0 Å². The van der Waals surface area contributed by atoms with Crippen LogP contribution in [0.15, 0.2) is 36.5 Å². The predicted molar refractivity (Wildman–Crippen MR) is 86.2 cm³/mol. The van der Waals surface area contributed by atoms with Crippen molar-refractivity contribution in [2.45, 2.75) is 13.0 Å². The van der Waals surface area contributed by atoms with Gasteiger partial charge in [0.25, 0.3) is 5.91 Å². The van der Waals surface area contributed by atoms with Crippen LogP contribution in [0.1, 0.15) is 28.9 Å². The van der Waals surface area contributed by atoms with Crippen LogP contribution >= 0.6 is 34.8 Å². The second-order valence-electron chi connectivity index (χ2n) is 4.60. The van der Waals surface area contributed by atoms with Crippen molar-refractivity contribution in [2.75, 3.05) is 7.05 Å². The molecule has 0 aliphatic heterocycles. The van der Waals surface area contributed by atoms with Gasteiger partial charge in [0.1, 0.15) is 5.15 Å². The zero-order chi connectivity index (χ0) is 15.6. The van der Waals surface area contributed by atoms with E-state index in [9.17, 15) is 4.79 Å². The molecule has 0 bridgehead atoms. The van der Waals surface area contributed by atoms with E-state index >= 15 is 0 Å². The number of pyridine rings is 1. The van der Waals surface area contributed by atoms with Gasteiger partial charge in [0, 0.05) is 18.3 Å². The summed E-state index contributed by atoms with van der Waals surface area (Å²) in [5.74, 6) is -0.239. The maximum atomic E-state index is 12.6. The van der Waals surface area contributed by atoms with Crippen molar-refractivity contribution in [2.24, 2.45) is 0 Å². The lowest BCUT2D eigenvalue weighted by Gasteiger charge is -2.26. The Morgan fingerprint density at radius 1 is 1.19 bits per heavy atom. The summed E-state index contributed by atoms with van der Waals surface area (Å²) in [6.45, 7) is 1.90. The summed E-state index contributed by atoms with van der Waals surface area (Å²) < 4.78 is 0. The first kappa shape index (κ1) is 16.1. The second-order valence-corrected chi connectivity index (χ2v) is 5.80. The fourth-order valence-corrected chi connectivity index (χ4v) is 2.60. The van der Waals surface area contributed by atoms with Gasteiger partial charge in [-0.15, -0.1) is 0 Å². The first-order chi connectivity index (χ1) is 9.91. The molecule has 1 unspecified atom stereocenters. The minimum atomic E-state index is -0.239. The van der Waals surface area contributed by atoms with Crippen LogP contribution in [-0.2, 0) is 0 Å². The highest BCUT2D eigenvalue weighted by atomic mass is 35.5. The molecule has 0 radical (unpaired) electrons. The number of carbonyl (C=O) groups is 1. The summed E-state index contributed by atoms with van der Waals surface area (Å²) in [4.78, 5) is 18.0. The number of amides is 1. The lowest BCUT2D eigenvalue weighted by atomic mass is 10.1. The average Bonchev–Trinajstić information content (AvgIpc) is 2.48. The minimum Gasteiger partial charge on any atom is -0.335 e. The van der Waals surface area contributed by atoms with Gasteiger partial charge in [-0.05, 0) is 24.6 Å². The molecular weight excluding hydrogens is 331 g/mol. The summed E-state index contributed by atoms with van der Waals surface area (Å²) in [5, 5.41) is 1.10. The molecule has 1 aromatic carbocycles. The van der Waals surface area contributed by atoms with Crippen molar-refractivity contribution < 1.29 is 4.79 Å². The largest absolute Gasteiger partial charge is 0.335 e. The van der Waals surface area contributed by atoms with Gasteiger partial charge in [-0.1, -0.05) is 53.0 Å². The summed E-state index contributed by atoms with van der Waals surface area (Å²) >= 11 is 18.0. The summed E-state index contributed by atoms with van der Waals surface area (Å²) in [6.07, 6.45) is 1.37. The Labute approximate surface area is 138 Å². The van der Waals surface area contributed by atoms with E-state index in [0.717, 1.165) is 5.56 Å². The van der Waals surface area contributed by atoms with Crippen LogP contribution in [0.25, 0.3) is 0 Å². The lowest BCUT2D eigenvalue weighted by Crippen LogP contribution is -2.30. The molecule has 2 rings (SSSR count). The van der Waals surface area contributed by atoms with E-state index < -0.39 is 0 Å². The summed E-state index contributed by atoms with van der Waals surface area (Å²) in [5.41, 5.74) is 1.18. The van der Waals surface area contributed by atoms with Crippen molar-refractivity contribution in [3.63, 3.8) is 0 Å². The molecule has 0 aliphatic rings. The van der Waals surface area contributed by atoms with Crippen LogP contribution in [0.2, 0.25) is 15.2 Å². The van der Waals surface area contributed by atoms with Crippen molar-refractivity contribution in [1.82, 2.24) is 9.88 Å². The molecule has 1 atom stereocenters. The van der Waals surface area contributed by atoms with Gasteiger partial charge < -0.3 is 4.90 Å². The van der Waals surface area contributed by atoms with Crippen LogP contribution in [0, 0.1) is 0 Å². The molecule has 2 aromatic rings. The molecule has 110 valence electrons. The zero-order valence-corrected chi connectivity index (χ0v) is 13.7. The van der Waals surface area contributed by atoms with Crippen molar-refractivity contribution in [1.29, 1.82) is 0 Å². The van der Waals surface area contributed by atoms with Gasteiger partial charge in [-0.25, -0.2) is 4.98 Å². The first-order valence-electron chi connectivity index (χ1n) is 6.24. The van der Waals surface area contributed by atoms with Gasteiger partial charge in [0.05, 0.1) is 16.6 Å². The Morgan fingerprint density at radius 2 is 1.86 bits per heavy atom. The number of carbonyl (C=O) groups excluding carboxylic acids is 1. The number of hydrogen-bond acceptors (Lipinski definition) is 2. The first-order valence-corrected chi connectivity index (χ1v) is 7.38. The van der Waals surface area contributed by atoms with E-state index in [4.69, 9.17) is 34.8 Å². The standard InChI is InChI=1S/C15H13Cl3N2O/c1-9(10-5-3-4-6-12(10)16)20(2)15(21)11-7-14(18)19-8-13(11)17/h3-9H,1-2H3. The highest BCUT2D eigenvalue weighted by Crippen LogP contribution is 2.28. The molecule has 3 nitrogen and oxygen atoms in total. The van der Waals surface area contributed by atoms with Crippen LogP contribution in [0.3, 0.4) is 0 Å². The third kappa shape index (κ3) is 3.49. The Hall–Kier alpha value is -1.29. The second kappa shape index (κ2) is 6.65. The zero-order valence-electron chi connectivity index (χ0n) is 11.5. The Bertz CT molecular complexity index is 676. The van der Waals surface area contributed by atoms with E-state index in [1.165, 1.54) is 12.3 Å². The third-order valence-corrected chi connectivity index (χ3v) is 4.16. The fourth-order valence-electron chi connectivity index (χ4n) is 1.97. The molecule has 1 amide bonds.